The van der Waals surface area contributed by atoms with E-state index in [1.54, 1.807) is 34.4 Å². The van der Waals surface area contributed by atoms with Gasteiger partial charge in [0.25, 0.3) is 5.91 Å². The Morgan fingerprint density at radius 2 is 2.03 bits per heavy atom. The third-order valence-electron chi connectivity index (χ3n) is 5.07. The van der Waals surface area contributed by atoms with Gasteiger partial charge in [-0.3, -0.25) is 4.79 Å². The van der Waals surface area contributed by atoms with Gasteiger partial charge in [0.1, 0.15) is 17.8 Å². The number of oxazole rings is 1. The first-order valence-corrected chi connectivity index (χ1v) is 9.53. The molecule has 1 saturated heterocycles. The average Bonchev–Trinajstić information content (AvgIpc) is 3.25. The highest BCUT2D eigenvalue weighted by molar-refractivity contribution is 5.92. The van der Waals surface area contributed by atoms with Crippen LogP contribution in [-0.2, 0) is 0 Å². The van der Waals surface area contributed by atoms with Crippen molar-refractivity contribution in [1.29, 1.82) is 0 Å². The van der Waals surface area contributed by atoms with Crippen molar-refractivity contribution in [3.8, 4) is 17.1 Å². The maximum atomic E-state index is 12.6. The smallest absolute Gasteiger partial charge is 0.275 e. The summed E-state index contributed by atoms with van der Waals surface area (Å²) in [6.07, 6.45) is 10.7. The minimum Gasteiger partial charge on any atom is -0.444 e. The second kappa shape index (κ2) is 7.92. The standard InChI is InChI=1S/C19H21N7O2.ClH/c1-12-9-25(5-4-20-12)19(27)16-11-28-18(24-16)14-6-23-26(10-14)15-7-21-17(22-8-15)13-2-3-13;/h6-8,10-13,20H,2-5,9H2,1H3;1H/t12-;/m0./s1. The molecule has 1 amide bonds. The molecule has 0 radical (unpaired) electrons. The van der Waals surface area contributed by atoms with Crippen LogP contribution in [0.3, 0.4) is 0 Å². The van der Waals surface area contributed by atoms with Gasteiger partial charge in [-0.2, -0.15) is 5.10 Å². The lowest BCUT2D eigenvalue weighted by atomic mass is 10.2. The molecule has 9 nitrogen and oxygen atoms in total. The molecule has 1 aliphatic carbocycles. The number of nitrogens with zero attached hydrogens (tertiary/aromatic N) is 6. The molecule has 0 spiro atoms. The lowest BCUT2D eigenvalue weighted by Gasteiger charge is -2.31. The van der Waals surface area contributed by atoms with Crippen molar-refractivity contribution in [3.63, 3.8) is 0 Å². The molecule has 152 valence electrons. The van der Waals surface area contributed by atoms with Gasteiger partial charge in [-0.25, -0.2) is 19.6 Å². The molecule has 4 heterocycles. The van der Waals surface area contributed by atoms with Crippen LogP contribution in [0.1, 0.15) is 42.0 Å². The number of nitrogens with one attached hydrogen (secondary N) is 1. The van der Waals surface area contributed by atoms with Crippen LogP contribution < -0.4 is 5.32 Å². The van der Waals surface area contributed by atoms with Crippen LogP contribution in [0.25, 0.3) is 17.1 Å². The van der Waals surface area contributed by atoms with Crippen LogP contribution in [0.4, 0.5) is 0 Å². The predicted molar refractivity (Wildman–Crippen MR) is 107 cm³/mol. The van der Waals surface area contributed by atoms with Gasteiger partial charge < -0.3 is 14.6 Å². The summed E-state index contributed by atoms with van der Waals surface area (Å²) in [6, 6.07) is 0.274. The van der Waals surface area contributed by atoms with Crippen molar-refractivity contribution in [1.82, 2.24) is 34.9 Å². The van der Waals surface area contributed by atoms with E-state index in [4.69, 9.17) is 4.42 Å². The minimum atomic E-state index is -0.111. The van der Waals surface area contributed by atoms with Gasteiger partial charge in [0.2, 0.25) is 5.89 Å². The van der Waals surface area contributed by atoms with E-state index in [0.717, 1.165) is 18.1 Å². The summed E-state index contributed by atoms with van der Waals surface area (Å²) in [5.41, 5.74) is 1.78. The largest absolute Gasteiger partial charge is 0.444 e. The van der Waals surface area contributed by atoms with Crippen molar-refractivity contribution in [3.05, 3.63) is 42.6 Å². The van der Waals surface area contributed by atoms with E-state index in [1.165, 1.54) is 19.1 Å². The Bertz CT molecular complexity index is 996. The molecule has 5 rings (SSSR count). The maximum absolute atomic E-state index is 12.6. The molecule has 3 aromatic rings. The highest BCUT2D eigenvalue weighted by atomic mass is 35.5. The minimum absolute atomic E-state index is 0. The lowest BCUT2D eigenvalue weighted by molar-refractivity contribution is 0.0703. The fourth-order valence-corrected chi connectivity index (χ4v) is 3.36. The lowest BCUT2D eigenvalue weighted by Crippen LogP contribution is -2.51. The number of aromatic nitrogens is 5. The number of carbonyl (C=O) groups is 1. The topological polar surface area (TPSA) is 102 Å². The van der Waals surface area contributed by atoms with Crippen LogP contribution >= 0.6 is 12.4 Å². The molecule has 0 bridgehead atoms. The number of amides is 1. The highest BCUT2D eigenvalue weighted by Gasteiger charge is 2.26. The average molecular weight is 416 g/mol. The molecule has 2 fully saturated rings. The molecule has 0 aromatic carbocycles. The number of piperazine rings is 1. The summed E-state index contributed by atoms with van der Waals surface area (Å²) in [6.45, 7) is 4.17. The Morgan fingerprint density at radius 3 is 2.76 bits per heavy atom. The molecule has 1 saturated carbocycles. The zero-order valence-electron chi connectivity index (χ0n) is 16.0. The first kappa shape index (κ1) is 19.5. The summed E-state index contributed by atoms with van der Waals surface area (Å²) >= 11 is 0. The molecule has 0 unspecified atom stereocenters. The van der Waals surface area contributed by atoms with Gasteiger partial charge in [0.15, 0.2) is 5.69 Å². The van der Waals surface area contributed by atoms with Crippen LogP contribution in [0.5, 0.6) is 0 Å². The van der Waals surface area contributed by atoms with E-state index in [-0.39, 0.29) is 24.4 Å². The maximum Gasteiger partial charge on any atom is 0.275 e. The SMILES string of the molecule is C[C@H]1CN(C(=O)c2coc(-c3cnn(-c4cnc(C5CC5)nc4)c3)n2)CCN1.Cl. The zero-order valence-corrected chi connectivity index (χ0v) is 16.8. The second-order valence-electron chi connectivity index (χ2n) is 7.39. The molecule has 3 aromatic heterocycles. The highest BCUT2D eigenvalue weighted by Crippen LogP contribution is 2.37. The van der Waals surface area contributed by atoms with Crippen molar-refractivity contribution < 1.29 is 9.21 Å². The van der Waals surface area contributed by atoms with Crippen LogP contribution in [-0.4, -0.2) is 61.2 Å². The summed E-state index contributed by atoms with van der Waals surface area (Å²) in [4.78, 5) is 27.6. The molecular weight excluding hydrogens is 394 g/mol. The van der Waals surface area contributed by atoms with Gasteiger partial charge in [-0.1, -0.05) is 0 Å². The van der Waals surface area contributed by atoms with E-state index >= 15 is 0 Å². The van der Waals surface area contributed by atoms with E-state index in [9.17, 15) is 4.79 Å². The number of carbonyl (C=O) groups excluding carboxylic acids is 1. The second-order valence-corrected chi connectivity index (χ2v) is 7.39. The Balaban J connectivity index is 0.00000205. The van der Waals surface area contributed by atoms with Crippen LogP contribution in [0.2, 0.25) is 0 Å². The fourth-order valence-electron chi connectivity index (χ4n) is 3.36. The third kappa shape index (κ3) is 4.01. The molecule has 10 heteroatoms. The first-order chi connectivity index (χ1) is 13.7. The van der Waals surface area contributed by atoms with E-state index in [2.05, 4.69) is 32.3 Å². The first-order valence-electron chi connectivity index (χ1n) is 9.53. The van der Waals surface area contributed by atoms with Crippen LogP contribution in [0, 0.1) is 0 Å². The number of halogens is 1. The van der Waals surface area contributed by atoms with E-state index < -0.39 is 0 Å². The van der Waals surface area contributed by atoms with Gasteiger partial charge in [0.05, 0.1) is 24.2 Å². The molecule has 1 aliphatic heterocycles. The Morgan fingerprint density at radius 1 is 1.24 bits per heavy atom. The van der Waals surface area contributed by atoms with Crippen molar-refractivity contribution in [2.24, 2.45) is 0 Å². The molecule has 1 N–H and O–H groups in total. The van der Waals surface area contributed by atoms with Gasteiger partial charge in [-0.05, 0) is 19.8 Å². The van der Waals surface area contributed by atoms with Crippen LogP contribution in [0.15, 0.2) is 35.5 Å². The Hall–Kier alpha value is -2.78. The van der Waals surface area contributed by atoms with Crippen molar-refractivity contribution in [2.45, 2.75) is 31.7 Å². The molecular formula is C19H22ClN7O2. The molecule has 29 heavy (non-hydrogen) atoms. The summed E-state index contributed by atoms with van der Waals surface area (Å²) in [5, 5.41) is 7.66. The normalized spacial score (nSPS) is 19.1. The number of hydrogen-bond acceptors (Lipinski definition) is 7. The third-order valence-corrected chi connectivity index (χ3v) is 5.07. The zero-order chi connectivity index (χ0) is 19.1. The van der Waals surface area contributed by atoms with Gasteiger partial charge in [-0.15, -0.1) is 12.4 Å². The van der Waals surface area contributed by atoms with E-state index in [1.807, 2.05) is 0 Å². The molecule has 1 atom stereocenters. The summed E-state index contributed by atoms with van der Waals surface area (Å²) in [5.74, 6) is 1.67. The number of hydrogen-bond donors (Lipinski definition) is 1. The van der Waals surface area contributed by atoms with Crippen molar-refractivity contribution in [2.75, 3.05) is 19.6 Å². The van der Waals surface area contributed by atoms with Crippen molar-refractivity contribution >= 4 is 18.3 Å². The quantitative estimate of drug-likeness (QED) is 0.695. The monoisotopic (exact) mass is 415 g/mol. The molecule has 2 aliphatic rings. The van der Waals surface area contributed by atoms with E-state index in [0.29, 0.717) is 36.2 Å². The fraction of sp³-hybridized carbons (Fsp3) is 0.421. The Kier molecular flexibility index (Phi) is 5.33. The Labute approximate surface area is 174 Å². The van der Waals surface area contributed by atoms with Gasteiger partial charge >= 0.3 is 0 Å². The predicted octanol–water partition coefficient (Wildman–Crippen LogP) is 2.05. The summed E-state index contributed by atoms with van der Waals surface area (Å²) < 4.78 is 7.22. The summed E-state index contributed by atoms with van der Waals surface area (Å²) in [7, 11) is 0. The number of rotatable bonds is 4. The van der Waals surface area contributed by atoms with Gasteiger partial charge in [0, 0.05) is 37.8 Å².